The third kappa shape index (κ3) is 5.08. The van der Waals surface area contributed by atoms with Gasteiger partial charge in [0.25, 0.3) is 5.91 Å². The van der Waals surface area contributed by atoms with E-state index in [-0.39, 0.29) is 5.91 Å². The lowest BCUT2D eigenvalue weighted by molar-refractivity contribution is -0.116. The van der Waals surface area contributed by atoms with E-state index in [1.54, 1.807) is 11.8 Å². The average molecular weight is 311 g/mol. The van der Waals surface area contributed by atoms with Crippen LogP contribution in [0.15, 0.2) is 82.5 Å². The lowest BCUT2D eigenvalue weighted by Gasteiger charge is -2.14. The predicted octanol–water partition coefficient (Wildman–Crippen LogP) is 4.58. The van der Waals surface area contributed by atoms with E-state index in [0.717, 1.165) is 23.3 Å². The predicted molar refractivity (Wildman–Crippen MR) is 96.3 cm³/mol. The molecule has 0 radical (unpaired) electrons. The molecule has 0 atom stereocenters. The zero-order valence-electron chi connectivity index (χ0n) is 13.0. The summed E-state index contributed by atoms with van der Waals surface area (Å²) in [5.74, 6) is 0.706. The first kappa shape index (κ1) is 16.4. The molecule has 1 aliphatic heterocycles. The van der Waals surface area contributed by atoms with E-state index < -0.39 is 0 Å². The molecule has 3 heteroatoms. The largest absolute Gasteiger partial charge is 0.326 e. The number of amides is 1. The first-order valence-corrected chi connectivity index (χ1v) is 8.40. The summed E-state index contributed by atoms with van der Waals surface area (Å²) in [6.45, 7) is 4.05. The molecular weight excluding hydrogens is 290 g/mol. The maximum absolute atomic E-state index is 12.4. The highest BCUT2D eigenvalue weighted by atomic mass is 32.2. The van der Waals surface area contributed by atoms with Gasteiger partial charge in [-0.25, -0.2) is 0 Å². The molecule has 114 valence electrons. The van der Waals surface area contributed by atoms with Crippen molar-refractivity contribution < 1.29 is 4.79 Å². The highest BCUT2D eigenvalue weighted by molar-refractivity contribution is 8.02. The fraction of sp³-hybridized carbons (Fsp3) is 0.211. The number of thioether (sulfide) groups is 1. The Morgan fingerprint density at radius 2 is 2.09 bits per heavy atom. The number of hydrogen-bond donors (Lipinski definition) is 1. The highest BCUT2D eigenvalue weighted by Crippen LogP contribution is 2.22. The average Bonchev–Trinajstić information content (AvgIpc) is 2.72. The van der Waals surface area contributed by atoms with Gasteiger partial charge in [-0.1, -0.05) is 48.1 Å². The summed E-state index contributed by atoms with van der Waals surface area (Å²) in [4.78, 5) is 12.4. The fourth-order valence-corrected chi connectivity index (χ4v) is 2.94. The van der Waals surface area contributed by atoms with Crippen molar-refractivity contribution in [2.75, 3.05) is 5.75 Å². The van der Waals surface area contributed by atoms with Crippen molar-refractivity contribution in [3.8, 4) is 0 Å². The Kier molecular flexibility index (Phi) is 6.28. The zero-order chi connectivity index (χ0) is 15.8. The van der Waals surface area contributed by atoms with E-state index in [9.17, 15) is 4.79 Å². The van der Waals surface area contributed by atoms with Crippen LogP contribution in [0.2, 0.25) is 0 Å². The molecular formula is C19H21NOS. The molecule has 22 heavy (non-hydrogen) atoms. The van der Waals surface area contributed by atoms with E-state index in [4.69, 9.17) is 0 Å². The Labute approximate surface area is 136 Å². The zero-order valence-corrected chi connectivity index (χ0v) is 13.8. The number of carbonyl (C=O) groups excluding carboxylic acids is 1. The van der Waals surface area contributed by atoms with Gasteiger partial charge in [-0.15, -0.1) is 11.8 Å². The minimum Gasteiger partial charge on any atom is -0.326 e. The first-order chi connectivity index (χ1) is 10.7. The SMILES string of the molecule is C/C=C\C=C/C1=CSCC(C(=O)NC2=CC=CC=C(C)C2)=C1. The second-order valence-corrected chi connectivity index (χ2v) is 6.06. The number of hydrogen-bond acceptors (Lipinski definition) is 2. The van der Waals surface area contributed by atoms with E-state index >= 15 is 0 Å². The minimum atomic E-state index is -0.00752. The van der Waals surface area contributed by atoms with Crippen molar-refractivity contribution >= 4 is 17.7 Å². The molecule has 0 spiro atoms. The van der Waals surface area contributed by atoms with E-state index in [1.807, 2.05) is 55.5 Å². The summed E-state index contributed by atoms with van der Waals surface area (Å²) in [6, 6.07) is 0. The molecule has 2 aliphatic rings. The van der Waals surface area contributed by atoms with Crippen LogP contribution < -0.4 is 5.32 Å². The number of rotatable bonds is 4. The van der Waals surface area contributed by atoms with Crippen LogP contribution in [0, 0.1) is 0 Å². The van der Waals surface area contributed by atoms with Crippen molar-refractivity contribution in [1.29, 1.82) is 0 Å². The molecule has 0 aromatic rings. The van der Waals surface area contributed by atoms with Crippen molar-refractivity contribution in [3.63, 3.8) is 0 Å². The quantitative estimate of drug-likeness (QED) is 0.770. The van der Waals surface area contributed by atoms with Gasteiger partial charge in [0.05, 0.1) is 0 Å². The monoisotopic (exact) mass is 311 g/mol. The molecule has 0 saturated carbocycles. The molecule has 2 rings (SSSR count). The van der Waals surface area contributed by atoms with Gasteiger partial charge >= 0.3 is 0 Å². The van der Waals surface area contributed by atoms with Crippen LogP contribution in [0.4, 0.5) is 0 Å². The maximum atomic E-state index is 12.4. The van der Waals surface area contributed by atoms with Gasteiger partial charge in [0, 0.05) is 23.4 Å². The second-order valence-electron chi connectivity index (χ2n) is 5.20. The Bertz CT molecular complexity index is 642. The molecule has 0 bridgehead atoms. The molecule has 1 heterocycles. The second kappa shape index (κ2) is 8.44. The van der Waals surface area contributed by atoms with Crippen LogP contribution in [-0.2, 0) is 4.79 Å². The van der Waals surface area contributed by atoms with Crippen molar-refractivity contribution in [2.24, 2.45) is 0 Å². The van der Waals surface area contributed by atoms with Gasteiger partial charge < -0.3 is 5.32 Å². The molecule has 0 saturated heterocycles. The van der Waals surface area contributed by atoms with Crippen LogP contribution >= 0.6 is 11.8 Å². The number of allylic oxidation sites excluding steroid dienone is 11. The standard InChI is InChI=1S/C19H21NOS/c1-3-4-5-9-16-12-17(14-22-13-16)19(21)20-18-10-7-6-8-15(2)11-18/h3-10,12-13H,11,14H2,1-2H3,(H,20,21)/b4-3-,9-5-. The van der Waals surface area contributed by atoms with Crippen molar-refractivity contribution in [1.82, 2.24) is 5.32 Å². The topological polar surface area (TPSA) is 29.1 Å². The third-order valence-electron chi connectivity index (χ3n) is 3.22. The minimum absolute atomic E-state index is 0.00752. The summed E-state index contributed by atoms with van der Waals surface area (Å²) in [5.41, 5.74) is 4.05. The van der Waals surface area contributed by atoms with Crippen LogP contribution in [0.5, 0.6) is 0 Å². The smallest absolute Gasteiger partial charge is 0.252 e. The highest BCUT2D eigenvalue weighted by Gasteiger charge is 2.14. The van der Waals surface area contributed by atoms with Crippen LogP contribution in [0.3, 0.4) is 0 Å². The fourth-order valence-electron chi connectivity index (χ4n) is 2.12. The summed E-state index contributed by atoms with van der Waals surface area (Å²) < 4.78 is 0. The van der Waals surface area contributed by atoms with Gasteiger partial charge in [-0.05, 0) is 37.0 Å². The first-order valence-electron chi connectivity index (χ1n) is 7.35. The molecule has 0 unspecified atom stereocenters. The molecule has 0 aromatic heterocycles. The van der Waals surface area contributed by atoms with Crippen molar-refractivity contribution in [3.05, 3.63) is 82.5 Å². The van der Waals surface area contributed by atoms with E-state index in [0.29, 0.717) is 5.75 Å². The lowest BCUT2D eigenvalue weighted by atomic mass is 10.1. The van der Waals surface area contributed by atoms with Gasteiger partial charge in [-0.3, -0.25) is 4.79 Å². The molecule has 1 aliphatic carbocycles. The lowest BCUT2D eigenvalue weighted by Crippen LogP contribution is -2.26. The summed E-state index contributed by atoms with van der Waals surface area (Å²) in [6.07, 6.45) is 18.7. The Morgan fingerprint density at radius 1 is 1.27 bits per heavy atom. The van der Waals surface area contributed by atoms with E-state index in [2.05, 4.69) is 23.7 Å². The van der Waals surface area contributed by atoms with Crippen LogP contribution in [0.25, 0.3) is 0 Å². The summed E-state index contributed by atoms with van der Waals surface area (Å²) in [7, 11) is 0. The van der Waals surface area contributed by atoms with Gasteiger partial charge in [0.1, 0.15) is 0 Å². The molecule has 1 amide bonds. The van der Waals surface area contributed by atoms with Crippen LogP contribution in [0.1, 0.15) is 20.3 Å². The maximum Gasteiger partial charge on any atom is 0.252 e. The number of nitrogens with one attached hydrogen (secondary N) is 1. The third-order valence-corrected chi connectivity index (χ3v) is 4.13. The molecule has 0 aromatic carbocycles. The summed E-state index contributed by atoms with van der Waals surface area (Å²) in [5, 5.41) is 5.11. The normalized spacial score (nSPS) is 18.6. The molecule has 1 N–H and O–H groups in total. The molecule has 2 nitrogen and oxygen atoms in total. The van der Waals surface area contributed by atoms with Crippen LogP contribution in [-0.4, -0.2) is 11.7 Å². The number of carbonyl (C=O) groups is 1. The van der Waals surface area contributed by atoms with Gasteiger partial charge in [0.2, 0.25) is 0 Å². The Balaban J connectivity index is 2.03. The summed E-state index contributed by atoms with van der Waals surface area (Å²) >= 11 is 1.65. The molecule has 0 fully saturated rings. The van der Waals surface area contributed by atoms with Crippen molar-refractivity contribution in [2.45, 2.75) is 20.3 Å². The van der Waals surface area contributed by atoms with E-state index in [1.165, 1.54) is 5.57 Å². The Morgan fingerprint density at radius 3 is 2.91 bits per heavy atom. The Hall–Kier alpha value is -2.00. The van der Waals surface area contributed by atoms with Gasteiger partial charge in [-0.2, -0.15) is 0 Å². The van der Waals surface area contributed by atoms with Gasteiger partial charge in [0.15, 0.2) is 0 Å².